The Kier molecular flexibility index (Phi) is 14.2. The first-order valence-corrected chi connectivity index (χ1v) is 19.6. The molecule has 0 aliphatic carbocycles. The largest absolute Gasteiger partial charge is 0.454 e. The number of hydrogen-bond acceptors (Lipinski definition) is 11. The van der Waals surface area contributed by atoms with E-state index in [0.29, 0.717) is 25.0 Å². The number of benzene rings is 1. The van der Waals surface area contributed by atoms with Crippen LogP contribution in [0.15, 0.2) is 30.3 Å². The lowest BCUT2D eigenvalue weighted by Gasteiger charge is -2.51. The average molecular weight is 735 g/mol. The van der Waals surface area contributed by atoms with E-state index >= 15 is 0 Å². The topological polar surface area (TPSA) is 120 Å². The van der Waals surface area contributed by atoms with E-state index < -0.39 is 49.4 Å². The molecule has 0 spiro atoms. The number of aliphatic hydroxyl groups is 1. The van der Waals surface area contributed by atoms with Gasteiger partial charge in [-0.15, -0.1) is 0 Å². The second-order valence-electron chi connectivity index (χ2n) is 16.4. The van der Waals surface area contributed by atoms with Crippen LogP contribution in [0.25, 0.3) is 0 Å². The highest BCUT2D eigenvalue weighted by molar-refractivity contribution is 5.66. The highest BCUT2D eigenvalue weighted by Crippen LogP contribution is 2.43. The smallest absolute Gasteiger partial charge is 0.303 e. The van der Waals surface area contributed by atoms with Gasteiger partial charge in [0.25, 0.3) is 0 Å². The lowest BCUT2D eigenvalue weighted by atomic mass is 9.78. The summed E-state index contributed by atoms with van der Waals surface area (Å²) in [7, 11) is 0. The third-order valence-electron chi connectivity index (χ3n) is 13.0. The van der Waals surface area contributed by atoms with Gasteiger partial charge in [-0.05, 0) is 50.0 Å². The van der Waals surface area contributed by atoms with Crippen molar-refractivity contribution in [3.63, 3.8) is 0 Å². The normalized spacial score (nSPS) is 47.2. The van der Waals surface area contributed by atoms with Gasteiger partial charge in [0.05, 0.1) is 43.7 Å². The Morgan fingerprint density at radius 3 is 1.81 bits per heavy atom. The molecule has 0 bridgehead atoms. The molecule has 4 heterocycles. The molecule has 4 saturated heterocycles. The lowest BCUT2D eigenvalue weighted by molar-refractivity contribution is -0.371. The third kappa shape index (κ3) is 9.23. The quantitative estimate of drug-likeness (QED) is 0.257. The minimum absolute atomic E-state index is 0.0314. The molecular formula is C41H66O11. The highest BCUT2D eigenvalue weighted by Gasteiger charge is 2.52. The Balaban J connectivity index is 1.31. The van der Waals surface area contributed by atoms with E-state index in [9.17, 15) is 9.90 Å². The number of carbonyl (C=O) groups excluding carboxylic acids is 1. The van der Waals surface area contributed by atoms with Gasteiger partial charge in [-0.3, -0.25) is 4.79 Å². The van der Waals surface area contributed by atoms with Crippen LogP contribution in [0.4, 0.5) is 0 Å². The predicted molar refractivity (Wildman–Crippen MR) is 193 cm³/mol. The highest BCUT2D eigenvalue weighted by atomic mass is 16.8. The van der Waals surface area contributed by atoms with Gasteiger partial charge in [-0.2, -0.15) is 0 Å². The average Bonchev–Trinajstić information content (AvgIpc) is 3.10. The Morgan fingerprint density at radius 2 is 1.13 bits per heavy atom. The number of hydrogen-bond donors (Lipinski definition) is 1. The van der Waals surface area contributed by atoms with Crippen LogP contribution in [-0.2, 0) is 54.0 Å². The molecule has 1 N–H and O–H groups in total. The molecule has 9 unspecified atom stereocenters. The van der Waals surface area contributed by atoms with Gasteiger partial charge in [0, 0.05) is 30.6 Å². The number of carbonyl (C=O) groups is 1. The lowest BCUT2D eigenvalue weighted by Crippen LogP contribution is -2.61. The molecule has 0 amide bonds. The molecule has 296 valence electrons. The Morgan fingerprint density at radius 1 is 0.577 bits per heavy atom. The van der Waals surface area contributed by atoms with Gasteiger partial charge >= 0.3 is 5.97 Å². The number of rotatable bonds is 11. The second kappa shape index (κ2) is 17.9. The minimum Gasteiger partial charge on any atom is -0.454 e. The fraction of sp³-hybridized carbons (Fsp3) is 0.829. The molecule has 1 aromatic rings. The molecule has 20 atom stereocenters. The van der Waals surface area contributed by atoms with Crippen LogP contribution in [0.2, 0.25) is 0 Å². The molecule has 11 heteroatoms. The molecule has 11 nitrogen and oxygen atoms in total. The van der Waals surface area contributed by atoms with E-state index in [0.717, 1.165) is 5.56 Å². The van der Waals surface area contributed by atoms with E-state index in [1.807, 2.05) is 39.0 Å². The summed E-state index contributed by atoms with van der Waals surface area (Å²) in [5.74, 6) is 0.235. The molecule has 4 aliphatic rings. The van der Waals surface area contributed by atoms with Gasteiger partial charge in [0.1, 0.15) is 12.2 Å². The number of esters is 1. The molecular weight excluding hydrogens is 668 g/mol. The summed E-state index contributed by atoms with van der Waals surface area (Å²) in [6.45, 7) is 25.6. The van der Waals surface area contributed by atoms with Crippen LogP contribution in [0.3, 0.4) is 0 Å². The fourth-order valence-corrected chi connectivity index (χ4v) is 8.28. The maximum atomic E-state index is 12.1. The first-order chi connectivity index (χ1) is 24.6. The van der Waals surface area contributed by atoms with Crippen molar-refractivity contribution in [2.24, 2.45) is 47.3 Å². The minimum atomic E-state index is -1.33. The van der Waals surface area contributed by atoms with Gasteiger partial charge in [-0.1, -0.05) is 85.7 Å². The first kappa shape index (κ1) is 41.5. The molecule has 0 aromatic heterocycles. The molecule has 1 aromatic carbocycles. The van der Waals surface area contributed by atoms with Crippen LogP contribution in [-0.4, -0.2) is 91.7 Å². The zero-order valence-corrected chi connectivity index (χ0v) is 33.4. The fourth-order valence-electron chi connectivity index (χ4n) is 8.28. The van der Waals surface area contributed by atoms with Gasteiger partial charge < -0.3 is 47.7 Å². The summed E-state index contributed by atoms with van der Waals surface area (Å²) in [6.07, 6.45) is -6.30. The molecule has 52 heavy (non-hydrogen) atoms. The monoisotopic (exact) mass is 734 g/mol. The standard InChI is InChI=1S/C41H66O11/c1-20-22(3)33(19-44-18-32-16-14-13-15-17-32)49-39(24(20)5)50-34-25(6)30(11)46-40(27(34)8)52-36-23(4)21(2)28(9)47-41(36)51-35-26(7)29(10)45-38(43)37(35)48-31(12)42/h13-17,20-30,33-41,43H,18-19H2,1-12H3/t20?,21-,22+,23+,24?,25+,26+,27?,28?,29?,30?,33+,34+,35+,36?,37?,38?,39-,40+,41+/m1/s1. The van der Waals surface area contributed by atoms with E-state index in [1.54, 1.807) is 0 Å². The number of aliphatic hydroxyl groups excluding tert-OH is 1. The van der Waals surface area contributed by atoms with Crippen molar-refractivity contribution in [1.29, 1.82) is 0 Å². The van der Waals surface area contributed by atoms with E-state index in [2.05, 4.69) is 67.5 Å². The summed E-state index contributed by atoms with van der Waals surface area (Å²) < 4.78 is 57.8. The molecule has 0 saturated carbocycles. The molecule has 5 rings (SSSR count). The van der Waals surface area contributed by atoms with Gasteiger partial charge in [0.15, 0.2) is 31.3 Å². The summed E-state index contributed by atoms with van der Waals surface area (Å²) in [5.41, 5.74) is 1.14. The summed E-state index contributed by atoms with van der Waals surface area (Å²) in [4.78, 5) is 12.1. The second-order valence-corrected chi connectivity index (χ2v) is 16.4. The van der Waals surface area contributed by atoms with Gasteiger partial charge in [0.2, 0.25) is 0 Å². The zero-order valence-electron chi connectivity index (χ0n) is 33.4. The SMILES string of the molecule is CC(=O)OC1C(O)OC(C)[C@H](C)[C@@H]1O[C@@H]1OC(C)[C@H](C)[C@H](C)C1O[C@@H]1OC(C)[C@H](C)[C@H](O[C@H]2O[C@@H](COCc3ccccc3)[C@@H](C)C(C)C2C)C1C. The Bertz CT molecular complexity index is 1270. The maximum absolute atomic E-state index is 12.1. The predicted octanol–water partition coefficient (Wildman–Crippen LogP) is 6.33. The summed E-state index contributed by atoms with van der Waals surface area (Å²) >= 11 is 0. The van der Waals surface area contributed by atoms with Crippen LogP contribution in [0.5, 0.6) is 0 Å². The van der Waals surface area contributed by atoms with Crippen molar-refractivity contribution in [3.05, 3.63) is 35.9 Å². The molecule has 0 radical (unpaired) electrons. The van der Waals surface area contributed by atoms with Crippen LogP contribution in [0.1, 0.15) is 88.6 Å². The first-order valence-electron chi connectivity index (χ1n) is 19.6. The van der Waals surface area contributed by atoms with E-state index in [1.165, 1.54) is 6.92 Å². The molecule has 4 aliphatic heterocycles. The van der Waals surface area contributed by atoms with E-state index in [-0.39, 0.29) is 66.0 Å². The van der Waals surface area contributed by atoms with Crippen LogP contribution >= 0.6 is 0 Å². The van der Waals surface area contributed by atoms with Crippen molar-refractivity contribution in [2.45, 2.75) is 164 Å². The van der Waals surface area contributed by atoms with Gasteiger partial charge in [-0.25, -0.2) is 0 Å². The van der Waals surface area contributed by atoms with Crippen molar-refractivity contribution in [3.8, 4) is 0 Å². The maximum Gasteiger partial charge on any atom is 0.303 e. The van der Waals surface area contributed by atoms with Crippen molar-refractivity contribution in [1.82, 2.24) is 0 Å². The van der Waals surface area contributed by atoms with E-state index in [4.69, 9.17) is 42.6 Å². The van der Waals surface area contributed by atoms with Crippen molar-refractivity contribution >= 4 is 5.97 Å². The molecule has 4 fully saturated rings. The summed E-state index contributed by atoms with van der Waals surface area (Å²) in [5, 5.41) is 10.8. The third-order valence-corrected chi connectivity index (χ3v) is 13.0. The Hall–Kier alpha value is -1.67. The van der Waals surface area contributed by atoms with Crippen LogP contribution < -0.4 is 0 Å². The zero-order chi connectivity index (χ0) is 38.0. The number of ether oxygens (including phenoxy) is 9. The summed E-state index contributed by atoms with van der Waals surface area (Å²) in [6, 6.07) is 10.2. The Labute approximate surface area is 311 Å². The van der Waals surface area contributed by atoms with Crippen molar-refractivity contribution in [2.75, 3.05) is 6.61 Å². The van der Waals surface area contributed by atoms with Crippen LogP contribution in [0, 0.1) is 47.3 Å². The van der Waals surface area contributed by atoms with Crippen molar-refractivity contribution < 1.29 is 52.5 Å².